The van der Waals surface area contributed by atoms with Gasteiger partial charge >= 0.3 is 5.97 Å². The molecule has 1 unspecified atom stereocenters. The number of carbonyl (C=O) groups is 1. The Balaban J connectivity index is 3.86. The van der Waals surface area contributed by atoms with E-state index in [1.54, 1.807) is 0 Å². The van der Waals surface area contributed by atoms with E-state index in [4.69, 9.17) is 4.74 Å². The van der Waals surface area contributed by atoms with Gasteiger partial charge in [0.05, 0.1) is 6.61 Å². The van der Waals surface area contributed by atoms with Crippen molar-refractivity contribution in [2.75, 3.05) is 6.61 Å². The Morgan fingerprint density at radius 1 is 0.615 bits per heavy atom. The summed E-state index contributed by atoms with van der Waals surface area (Å²) >= 11 is 0. The Hall–Kier alpha value is -0.530. The van der Waals surface area contributed by atoms with Gasteiger partial charge in [0.15, 0.2) is 0 Å². The Morgan fingerprint density at radius 2 is 1.04 bits per heavy atom. The molecule has 0 aromatic carbocycles. The van der Waals surface area contributed by atoms with Crippen LogP contribution in [0.3, 0.4) is 0 Å². The van der Waals surface area contributed by atoms with E-state index in [2.05, 4.69) is 13.8 Å². The summed E-state index contributed by atoms with van der Waals surface area (Å²) in [6.07, 6.45) is 23.0. The summed E-state index contributed by atoms with van der Waals surface area (Å²) in [6.45, 7) is 7.24. The summed E-state index contributed by atoms with van der Waals surface area (Å²) in [4.78, 5) is 11.7. The molecule has 0 fully saturated rings. The zero-order valence-electron chi connectivity index (χ0n) is 18.3. The molecule has 0 N–H and O–H groups in total. The Labute approximate surface area is 164 Å². The lowest BCUT2D eigenvalue weighted by molar-refractivity contribution is -0.145. The first-order chi connectivity index (χ1) is 12.7. The molecule has 0 amide bonds. The number of hydrogen-bond acceptors (Lipinski definition) is 2. The van der Waals surface area contributed by atoms with Gasteiger partial charge in [0.25, 0.3) is 0 Å². The third-order valence-corrected chi connectivity index (χ3v) is 5.37. The van der Waals surface area contributed by atoms with Crippen molar-refractivity contribution >= 4 is 5.97 Å². The van der Waals surface area contributed by atoms with Crippen molar-refractivity contribution in [1.29, 1.82) is 0 Å². The van der Waals surface area contributed by atoms with Crippen molar-refractivity contribution in [3.05, 3.63) is 0 Å². The van der Waals surface area contributed by atoms with E-state index in [0.29, 0.717) is 18.9 Å². The first-order valence-electron chi connectivity index (χ1n) is 11.9. The molecule has 0 radical (unpaired) electrons. The molecule has 2 heteroatoms. The summed E-state index contributed by atoms with van der Waals surface area (Å²) < 4.78 is 5.52. The Bertz CT molecular complexity index is 288. The van der Waals surface area contributed by atoms with Crippen LogP contribution >= 0.6 is 0 Å². The van der Waals surface area contributed by atoms with E-state index in [1.165, 1.54) is 103 Å². The lowest BCUT2D eigenvalue weighted by Gasteiger charge is -2.17. The van der Waals surface area contributed by atoms with Crippen LogP contribution in [0.15, 0.2) is 0 Å². The zero-order chi connectivity index (χ0) is 19.3. The van der Waals surface area contributed by atoms with E-state index >= 15 is 0 Å². The molecule has 0 heterocycles. The van der Waals surface area contributed by atoms with Gasteiger partial charge in [0, 0.05) is 6.42 Å². The highest BCUT2D eigenvalue weighted by Gasteiger charge is 2.11. The van der Waals surface area contributed by atoms with Gasteiger partial charge in [-0.15, -0.1) is 0 Å². The van der Waals surface area contributed by atoms with E-state index < -0.39 is 0 Å². The van der Waals surface area contributed by atoms with Gasteiger partial charge in [0.1, 0.15) is 0 Å². The van der Waals surface area contributed by atoms with Gasteiger partial charge in [-0.2, -0.15) is 0 Å². The predicted molar refractivity (Wildman–Crippen MR) is 115 cm³/mol. The van der Waals surface area contributed by atoms with Crippen molar-refractivity contribution in [3.63, 3.8) is 0 Å². The molecule has 0 aromatic rings. The SMILES string of the molecule is CCCCCCCCCCC(CCCCCCCC)COC(=O)CCC. The lowest BCUT2D eigenvalue weighted by atomic mass is 9.94. The molecule has 0 aliphatic heterocycles. The number of ether oxygens (including phenoxy) is 1. The van der Waals surface area contributed by atoms with Gasteiger partial charge in [0.2, 0.25) is 0 Å². The second-order valence-corrected chi connectivity index (χ2v) is 8.12. The number of rotatable bonds is 20. The summed E-state index contributed by atoms with van der Waals surface area (Å²) in [6, 6.07) is 0. The molecule has 2 nitrogen and oxygen atoms in total. The molecule has 0 aliphatic carbocycles. The van der Waals surface area contributed by atoms with Crippen LogP contribution in [0.4, 0.5) is 0 Å². The molecule has 0 saturated heterocycles. The number of carbonyl (C=O) groups excluding carboxylic acids is 1. The molecule has 0 aliphatic rings. The third kappa shape index (κ3) is 18.3. The van der Waals surface area contributed by atoms with Crippen LogP contribution in [0.1, 0.15) is 136 Å². The van der Waals surface area contributed by atoms with Crippen molar-refractivity contribution in [2.24, 2.45) is 5.92 Å². The summed E-state index contributed by atoms with van der Waals surface area (Å²) in [7, 11) is 0. The normalized spacial score (nSPS) is 12.3. The monoisotopic (exact) mass is 368 g/mol. The van der Waals surface area contributed by atoms with Gasteiger partial charge in [-0.25, -0.2) is 0 Å². The highest BCUT2D eigenvalue weighted by Crippen LogP contribution is 2.20. The van der Waals surface area contributed by atoms with Crippen LogP contribution in [-0.2, 0) is 9.53 Å². The average Bonchev–Trinajstić information content (AvgIpc) is 2.64. The molecule has 0 aromatic heterocycles. The standard InChI is InChI=1S/C24H48O2/c1-4-7-9-11-13-14-16-18-21-23(22-26-24(25)19-6-3)20-17-15-12-10-8-5-2/h23H,4-22H2,1-3H3. The van der Waals surface area contributed by atoms with E-state index in [-0.39, 0.29) is 5.97 Å². The lowest BCUT2D eigenvalue weighted by Crippen LogP contribution is -2.14. The second kappa shape index (κ2) is 20.8. The highest BCUT2D eigenvalue weighted by atomic mass is 16.5. The maximum Gasteiger partial charge on any atom is 0.305 e. The van der Waals surface area contributed by atoms with Crippen molar-refractivity contribution in [1.82, 2.24) is 0 Å². The zero-order valence-corrected chi connectivity index (χ0v) is 18.3. The van der Waals surface area contributed by atoms with Gasteiger partial charge in [-0.1, -0.05) is 111 Å². The topological polar surface area (TPSA) is 26.3 Å². The van der Waals surface area contributed by atoms with Crippen LogP contribution in [0.25, 0.3) is 0 Å². The molecular weight excluding hydrogens is 320 g/mol. The van der Waals surface area contributed by atoms with Crippen LogP contribution in [0, 0.1) is 5.92 Å². The molecule has 26 heavy (non-hydrogen) atoms. The molecule has 1 atom stereocenters. The quantitative estimate of drug-likeness (QED) is 0.160. The third-order valence-electron chi connectivity index (χ3n) is 5.37. The first-order valence-corrected chi connectivity index (χ1v) is 11.9. The van der Waals surface area contributed by atoms with Crippen LogP contribution in [0.2, 0.25) is 0 Å². The van der Waals surface area contributed by atoms with Crippen LogP contribution in [-0.4, -0.2) is 12.6 Å². The van der Waals surface area contributed by atoms with Crippen molar-refractivity contribution < 1.29 is 9.53 Å². The fraction of sp³-hybridized carbons (Fsp3) is 0.958. The van der Waals surface area contributed by atoms with Crippen LogP contribution < -0.4 is 0 Å². The minimum Gasteiger partial charge on any atom is -0.465 e. The van der Waals surface area contributed by atoms with Gasteiger partial charge in [-0.05, 0) is 25.2 Å². The van der Waals surface area contributed by atoms with E-state index in [9.17, 15) is 4.79 Å². The Kier molecular flexibility index (Phi) is 20.4. The van der Waals surface area contributed by atoms with Crippen molar-refractivity contribution in [3.8, 4) is 0 Å². The summed E-state index contributed by atoms with van der Waals surface area (Å²) in [5.74, 6) is 0.582. The molecule has 0 rings (SSSR count). The smallest absolute Gasteiger partial charge is 0.305 e. The van der Waals surface area contributed by atoms with Gasteiger partial charge < -0.3 is 4.74 Å². The average molecular weight is 369 g/mol. The molecule has 156 valence electrons. The maximum absolute atomic E-state index is 11.7. The molecule has 0 spiro atoms. The second-order valence-electron chi connectivity index (χ2n) is 8.12. The fourth-order valence-electron chi connectivity index (χ4n) is 3.58. The number of esters is 1. The Morgan fingerprint density at radius 3 is 1.46 bits per heavy atom. The van der Waals surface area contributed by atoms with Crippen molar-refractivity contribution in [2.45, 2.75) is 136 Å². The minimum absolute atomic E-state index is 0.00336. The number of hydrogen-bond donors (Lipinski definition) is 0. The molecule has 0 bridgehead atoms. The molecule has 0 saturated carbocycles. The minimum atomic E-state index is -0.00336. The maximum atomic E-state index is 11.7. The fourth-order valence-corrected chi connectivity index (χ4v) is 3.58. The van der Waals surface area contributed by atoms with E-state index in [1.807, 2.05) is 6.92 Å². The van der Waals surface area contributed by atoms with Gasteiger partial charge in [-0.3, -0.25) is 4.79 Å². The van der Waals surface area contributed by atoms with Crippen LogP contribution in [0.5, 0.6) is 0 Å². The first kappa shape index (κ1) is 25.5. The number of unbranched alkanes of at least 4 members (excludes halogenated alkanes) is 12. The highest BCUT2D eigenvalue weighted by molar-refractivity contribution is 5.69. The van der Waals surface area contributed by atoms with E-state index in [0.717, 1.165) is 6.42 Å². The summed E-state index contributed by atoms with van der Waals surface area (Å²) in [5, 5.41) is 0. The largest absolute Gasteiger partial charge is 0.465 e. The molecular formula is C24H48O2. The summed E-state index contributed by atoms with van der Waals surface area (Å²) in [5.41, 5.74) is 0. The predicted octanol–water partition coefficient (Wildman–Crippen LogP) is 8.23.